The maximum Gasteiger partial charge on any atom is 0.126 e. The van der Waals surface area contributed by atoms with Crippen molar-refractivity contribution in [3.8, 4) is 22.5 Å². The zero-order chi connectivity index (χ0) is 13.9. The van der Waals surface area contributed by atoms with Crippen LogP contribution in [0, 0.1) is 12.7 Å². The van der Waals surface area contributed by atoms with Gasteiger partial charge in [-0.05, 0) is 48.9 Å². The molecule has 0 radical (unpaired) electrons. The molecule has 0 bridgehead atoms. The molecule has 0 spiro atoms. The highest BCUT2D eigenvalue weighted by molar-refractivity contribution is 5.78. The highest BCUT2D eigenvalue weighted by Crippen LogP contribution is 2.29. The van der Waals surface area contributed by atoms with E-state index < -0.39 is 0 Å². The first-order valence-electron chi connectivity index (χ1n) is 6.23. The minimum atomic E-state index is -0.215. The van der Waals surface area contributed by atoms with Crippen LogP contribution in [0.5, 0.6) is 0 Å². The zero-order valence-corrected chi connectivity index (χ0v) is 10.9. The summed E-state index contributed by atoms with van der Waals surface area (Å²) in [5.41, 5.74) is 3.96. The largest absolute Gasteiger partial charge is 0.256 e. The third-order valence-electron chi connectivity index (χ3n) is 3.10. The number of hydrogen-bond donors (Lipinski definition) is 0. The Kier molecular flexibility index (Phi) is 3.21. The summed E-state index contributed by atoms with van der Waals surface area (Å²) in [6.45, 7) is 1.74. The fourth-order valence-electron chi connectivity index (χ4n) is 2.08. The number of benzene rings is 1. The first-order valence-corrected chi connectivity index (χ1v) is 6.23. The fourth-order valence-corrected chi connectivity index (χ4v) is 2.08. The molecular weight excluding hydrogens is 253 g/mol. The number of halogens is 1. The highest BCUT2D eigenvalue weighted by atomic mass is 19.1. The van der Waals surface area contributed by atoms with Gasteiger partial charge in [-0.3, -0.25) is 4.98 Å². The Bertz CT molecular complexity index is 742. The molecule has 0 fully saturated rings. The molecule has 0 unspecified atom stereocenters. The second-order valence-corrected chi connectivity index (χ2v) is 4.46. The van der Waals surface area contributed by atoms with Gasteiger partial charge in [0.25, 0.3) is 0 Å². The predicted octanol–water partition coefficient (Wildman–Crippen LogP) is 3.65. The van der Waals surface area contributed by atoms with E-state index in [1.165, 1.54) is 12.4 Å². The zero-order valence-electron chi connectivity index (χ0n) is 10.9. The smallest absolute Gasteiger partial charge is 0.126 e. The first kappa shape index (κ1) is 12.4. The Labute approximate surface area is 116 Å². The Morgan fingerprint density at radius 2 is 1.90 bits per heavy atom. The summed E-state index contributed by atoms with van der Waals surface area (Å²) >= 11 is 0. The lowest BCUT2D eigenvalue weighted by molar-refractivity contribution is 0.619. The Morgan fingerprint density at radius 1 is 1.00 bits per heavy atom. The van der Waals surface area contributed by atoms with Crippen LogP contribution >= 0.6 is 0 Å². The van der Waals surface area contributed by atoms with E-state index >= 15 is 0 Å². The second-order valence-electron chi connectivity index (χ2n) is 4.46. The monoisotopic (exact) mass is 265 g/mol. The van der Waals surface area contributed by atoms with Crippen molar-refractivity contribution in [2.75, 3.05) is 0 Å². The number of aryl methyl sites for hydroxylation is 1. The normalized spacial score (nSPS) is 10.5. The van der Waals surface area contributed by atoms with Gasteiger partial charge >= 0.3 is 0 Å². The molecule has 2 heterocycles. The van der Waals surface area contributed by atoms with Gasteiger partial charge in [-0.1, -0.05) is 0 Å². The number of rotatable bonds is 2. The van der Waals surface area contributed by atoms with Crippen LogP contribution in [0.2, 0.25) is 0 Å². The summed E-state index contributed by atoms with van der Waals surface area (Å²) in [6.07, 6.45) is 4.91. The van der Waals surface area contributed by atoms with Gasteiger partial charge in [0.1, 0.15) is 12.1 Å². The van der Waals surface area contributed by atoms with Crippen LogP contribution in [-0.4, -0.2) is 15.0 Å². The molecule has 0 saturated heterocycles. The summed E-state index contributed by atoms with van der Waals surface area (Å²) in [4.78, 5) is 12.6. The lowest BCUT2D eigenvalue weighted by Crippen LogP contribution is -1.92. The Balaban J connectivity index is 2.17. The molecule has 20 heavy (non-hydrogen) atoms. The van der Waals surface area contributed by atoms with Gasteiger partial charge in [0.05, 0.1) is 11.4 Å². The topological polar surface area (TPSA) is 38.7 Å². The van der Waals surface area contributed by atoms with Crippen LogP contribution in [0.3, 0.4) is 0 Å². The van der Waals surface area contributed by atoms with Crippen molar-refractivity contribution in [2.24, 2.45) is 0 Å². The SMILES string of the molecule is Cc1cc(-c2ncccc2-c2ccncn2)ccc1F. The van der Waals surface area contributed by atoms with Gasteiger partial charge in [0.2, 0.25) is 0 Å². The fraction of sp³-hybridized carbons (Fsp3) is 0.0625. The van der Waals surface area contributed by atoms with E-state index in [-0.39, 0.29) is 5.82 Å². The van der Waals surface area contributed by atoms with Crippen molar-refractivity contribution in [1.82, 2.24) is 15.0 Å². The van der Waals surface area contributed by atoms with E-state index in [0.717, 1.165) is 22.5 Å². The average molecular weight is 265 g/mol. The third-order valence-corrected chi connectivity index (χ3v) is 3.10. The molecule has 0 aliphatic carbocycles. The van der Waals surface area contributed by atoms with Crippen molar-refractivity contribution in [3.63, 3.8) is 0 Å². The lowest BCUT2D eigenvalue weighted by atomic mass is 10.0. The number of hydrogen-bond acceptors (Lipinski definition) is 3. The minimum absolute atomic E-state index is 0.215. The number of aromatic nitrogens is 3. The number of pyridine rings is 1. The number of nitrogens with zero attached hydrogens (tertiary/aromatic N) is 3. The molecule has 0 N–H and O–H groups in total. The Morgan fingerprint density at radius 3 is 2.65 bits per heavy atom. The van der Waals surface area contributed by atoms with Gasteiger partial charge in [-0.2, -0.15) is 0 Å². The predicted molar refractivity (Wildman–Crippen MR) is 75.4 cm³/mol. The van der Waals surface area contributed by atoms with Gasteiger partial charge in [0, 0.05) is 23.5 Å². The van der Waals surface area contributed by atoms with Crippen LogP contribution in [0.1, 0.15) is 5.56 Å². The van der Waals surface area contributed by atoms with E-state index in [1.807, 2.05) is 18.2 Å². The van der Waals surface area contributed by atoms with Crippen molar-refractivity contribution in [1.29, 1.82) is 0 Å². The molecule has 1 aromatic carbocycles. The lowest BCUT2D eigenvalue weighted by Gasteiger charge is -2.08. The maximum absolute atomic E-state index is 13.4. The average Bonchev–Trinajstić information content (AvgIpc) is 2.51. The van der Waals surface area contributed by atoms with E-state index in [1.54, 1.807) is 31.5 Å². The molecule has 3 rings (SSSR count). The van der Waals surface area contributed by atoms with Gasteiger partial charge in [-0.25, -0.2) is 14.4 Å². The Hall–Kier alpha value is -2.62. The molecule has 3 aromatic rings. The molecule has 0 saturated carbocycles. The van der Waals surface area contributed by atoms with E-state index in [0.29, 0.717) is 5.56 Å². The van der Waals surface area contributed by atoms with E-state index in [2.05, 4.69) is 15.0 Å². The summed E-state index contributed by atoms with van der Waals surface area (Å²) in [7, 11) is 0. The molecule has 0 atom stereocenters. The standard InChI is InChI=1S/C16H12FN3/c1-11-9-12(4-5-14(11)17)16-13(3-2-7-19-16)15-6-8-18-10-20-15/h2-10H,1H3. The van der Waals surface area contributed by atoms with Gasteiger partial charge in [0.15, 0.2) is 0 Å². The molecule has 2 aromatic heterocycles. The molecule has 0 aliphatic rings. The van der Waals surface area contributed by atoms with E-state index in [4.69, 9.17) is 0 Å². The molecule has 0 aliphatic heterocycles. The summed E-state index contributed by atoms with van der Waals surface area (Å²) in [5, 5.41) is 0. The maximum atomic E-state index is 13.4. The van der Waals surface area contributed by atoms with Crippen molar-refractivity contribution in [3.05, 3.63) is 66.5 Å². The van der Waals surface area contributed by atoms with Gasteiger partial charge in [-0.15, -0.1) is 0 Å². The van der Waals surface area contributed by atoms with Crippen LogP contribution in [-0.2, 0) is 0 Å². The van der Waals surface area contributed by atoms with Crippen LogP contribution < -0.4 is 0 Å². The minimum Gasteiger partial charge on any atom is -0.256 e. The quantitative estimate of drug-likeness (QED) is 0.710. The van der Waals surface area contributed by atoms with Crippen molar-refractivity contribution >= 4 is 0 Å². The summed E-state index contributed by atoms with van der Waals surface area (Å²) in [6, 6.07) is 10.6. The highest BCUT2D eigenvalue weighted by Gasteiger charge is 2.10. The third kappa shape index (κ3) is 2.28. The van der Waals surface area contributed by atoms with Crippen molar-refractivity contribution < 1.29 is 4.39 Å². The molecular formula is C16H12FN3. The van der Waals surface area contributed by atoms with Crippen LogP contribution in [0.4, 0.5) is 4.39 Å². The van der Waals surface area contributed by atoms with E-state index in [9.17, 15) is 4.39 Å². The van der Waals surface area contributed by atoms with Crippen molar-refractivity contribution in [2.45, 2.75) is 6.92 Å². The molecule has 0 amide bonds. The first-order chi connectivity index (χ1) is 9.75. The van der Waals surface area contributed by atoms with Crippen LogP contribution in [0.15, 0.2) is 55.1 Å². The molecule has 4 heteroatoms. The van der Waals surface area contributed by atoms with Gasteiger partial charge < -0.3 is 0 Å². The molecule has 98 valence electrons. The second kappa shape index (κ2) is 5.17. The summed E-state index contributed by atoms with van der Waals surface area (Å²) in [5.74, 6) is -0.215. The van der Waals surface area contributed by atoms with Crippen LogP contribution in [0.25, 0.3) is 22.5 Å². The summed E-state index contributed by atoms with van der Waals surface area (Å²) < 4.78 is 13.4. The molecule has 3 nitrogen and oxygen atoms in total.